The summed E-state index contributed by atoms with van der Waals surface area (Å²) in [7, 11) is -3.51. The van der Waals surface area contributed by atoms with Crippen LogP contribution >= 0.6 is 34.8 Å². The van der Waals surface area contributed by atoms with Crippen LogP contribution in [-0.2, 0) is 21.9 Å². The third kappa shape index (κ3) is 5.96. The van der Waals surface area contributed by atoms with Gasteiger partial charge >= 0.3 is 0 Å². The molecule has 0 aliphatic carbocycles. The van der Waals surface area contributed by atoms with Gasteiger partial charge < -0.3 is 13.9 Å². The number of benzene rings is 2. The van der Waals surface area contributed by atoms with E-state index >= 15 is 0 Å². The molecule has 3 aromatic rings. The smallest absolute Gasteiger partial charge is 0.200 e. The number of hydrogen-bond acceptors (Lipinski definition) is 6. The number of rotatable bonds is 9. The van der Waals surface area contributed by atoms with Crippen molar-refractivity contribution in [3.8, 4) is 11.5 Å². The molecule has 0 spiro atoms. The van der Waals surface area contributed by atoms with E-state index in [0.717, 1.165) is 17.4 Å². The molecular formula is C23H24Cl3NO5S. The van der Waals surface area contributed by atoms with Crippen LogP contribution in [0.15, 0.2) is 45.8 Å². The first-order valence-electron chi connectivity index (χ1n) is 10.0. The molecular weight excluding hydrogens is 509 g/mol. The van der Waals surface area contributed by atoms with Crippen molar-refractivity contribution in [1.82, 2.24) is 4.98 Å². The summed E-state index contributed by atoms with van der Waals surface area (Å²) < 4.78 is 40.4. The first-order chi connectivity index (χ1) is 15.4. The van der Waals surface area contributed by atoms with E-state index in [2.05, 4.69) is 18.8 Å². The number of hydrogen-bond donors (Lipinski definition) is 0. The summed E-state index contributed by atoms with van der Waals surface area (Å²) in [6, 6.07) is 11.1. The summed E-state index contributed by atoms with van der Waals surface area (Å²) in [5.74, 6) is 1.74. The van der Waals surface area contributed by atoms with E-state index in [0.29, 0.717) is 34.0 Å². The molecule has 0 unspecified atom stereocenters. The maximum atomic E-state index is 11.9. The summed E-state index contributed by atoms with van der Waals surface area (Å²) in [5.41, 5.74) is 1.51. The fourth-order valence-electron chi connectivity index (χ4n) is 3.31. The van der Waals surface area contributed by atoms with Crippen LogP contribution in [0.4, 0.5) is 0 Å². The average Bonchev–Trinajstić information content (AvgIpc) is 3.13. The van der Waals surface area contributed by atoms with Crippen LogP contribution in [0.25, 0.3) is 0 Å². The highest BCUT2D eigenvalue weighted by molar-refractivity contribution is 7.90. The van der Waals surface area contributed by atoms with Gasteiger partial charge in [-0.15, -0.1) is 11.6 Å². The maximum Gasteiger partial charge on any atom is 0.200 e. The topological polar surface area (TPSA) is 78.6 Å². The van der Waals surface area contributed by atoms with Crippen LogP contribution < -0.4 is 9.47 Å². The lowest BCUT2D eigenvalue weighted by Crippen LogP contribution is -2.19. The van der Waals surface area contributed by atoms with E-state index in [1.807, 2.05) is 36.4 Å². The van der Waals surface area contributed by atoms with Gasteiger partial charge in [-0.3, -0.25) is 0 Å². The van der Waals surface area contributed by atoms with Gasteiger partial charge in [0.2, 0.25) is 0 Å². The second kappa shape index (κ2) is 10.1. The quantitative estimate of drug-likeness (QED) is 0.305. The molecule has 0 radical (unpaired) electrons. The molecule has 0 atom stereocenters. The normalized spacial score (nSPS) is 12.1. The van der Waals surface area contributed by atoms with Crippen LogP contribution in [0, 0.1) is 6.92 Å². The molecule has 3 rings (SSSR count). The monoisotopic (exact) mass is 531 g/mol. The molecule has 0 saturated heterocycles. The van der Waals surface area contributed by atoms with Crippen molar-refractivity contribution < 1.29 is 22.3 Å². The van der Waals surface area contributed by atoms with Gasteiger partial charge in [-0.2, -0.15) is 0 Å². The van der Waals surface area contributed by atoms with Crippen molar-refractivity contribution in [1.29, 1.82) is 0 Å². The standard InChI is InChI=1S/C23H24Cl3NO5S/c1-14-27-22(33(4,28)29)20(32-14)13-31-17-7-5-15(6-8-17)23(2,3)16-11-18(25)21(19(26)12-16)30-10-9-24/h5-8,11-12H,9-10,13H2,1-4H3. The highest BCUT2D eigenvalue weighted by Gasteiger charge is 2.26. The van der Waals surface area contributed by atoms with E-state index in [4.69, 9.17) is 48.7 Å². The largest absolute Gasteiger partial charge is 0.489 e. The zero-order chi connectivity index (χ0) is 24.4. The number of aromatic nitrogens is 1. The number of aryl methyl sites for hydroxylation is 1. The second-order valence-corrected chi connectivity index (χ2v) is 11.1. The van der Waals surface area contributed by atoms with Gasteiger partial charge in [0, 0.05) is 18.6 Å². The molecule has 0 fully saturated rings. The maximum absolute atomic E-state index is 11.9. The lowest BCUT2D eigenvalue weighted by molar-refractivity contribution is 0.262. The average molecular weight is 533 g/mol. The van der Waals surface area contributed by atoms with E-state index in [1.54, 1.807) is 6.92 Å². The number of nitrogens with zero attached hydrogens (tertiary/aromatic N) is 1. The van der Waals surface area contributed by atoms with Crippen LogP contribution in [0.5, 0.6) is 11.5 Å². The van der Waals surface area contributed by atoms with Gasteiger partial charge in [0.15, 0.2) is 32.3 Å². The summed E-state index contributed by atoms with van der Waals surface area (Å²) >= 11 is 18.5. The van der Waals surface area contributed by atoms with E-state index in [9.17, 15) is 8.42 Å². The van der Waals surface area contributed by atoms with Crippen LogP contribution in [0.3, 0.4) is 0 Å². The highest BCUT2D eigenvalue weighted by atomic mass is 35.5. The molecule has 0 bridgehead atoms. The van der Waals surface area contributed by atoms with Gasteiger partial charge in [-0.1, -0.05) is 49.2 Å². The fourth-order valence-corrected chi connectivity index (χ4v) is 4.80. The van der Waals surface area contributed by atoms with Crippen molar-refractivity contribution in [3.05, 3.63) is 69.2 Å². The first kappa shape index (κ1) is 25.7. The molecule has 178 valence electrons. The molecule has 1 aromatic heterocycles. The molecule has 0 amide bonds. The van der Waals surface area contributed by atoms with E-state index in [1.165, 1.54) is 0 Å². The predicted molar refractivity (Wildman–Crippen MR) is 130 cm³/mol. The fraction of sp³-hybridized carbons (Fsp3) is 0.348. The Bertz CT molecular complexity index is 1210. The van der Waals surface area contributed by atoms with Crippen LogP contribution in [0.1, 0.15) is 36.6 Å². The third-order valence-corrected chi connectivity index (χ3v) is 6.85. The summed E-state index contributed by atoms with van der Waals surface area (Å²) in [5, 5.41) is 0.726. The zero-order valence-electron chi connectivity index (χ0n) is 18.6. The highest BCUT2D eigenvalue weighted by Crippen LogP contribution is 2.40. The minimum Gasteiger partial charge on any atom is -0.489 e. The minimum absolute atomic E-state index is 0.0546. The Labute approximate surface area is 208 Å². The Hall–Kier alpha value is -1.93. The zero-order valence-corrected chi connectivity index (χ0v) is 21.7. The number of alkyl halides is 1. The van der Waals surface area contributed by atoms with Crippen molar-refractivity contribution in [3.63, 3.8) is 0 Å². The summed E-state index contributed by atoms with van der Waals surface area (Å²) in [6.45, 7) is 5.95. The molecule has 2 aromatic carbocycles. The van der Waals surface area contributed by atoms with E-state index < -0.39 is 15.3 Å². The van der Waals surface area contributed by atoms with Crippen molar-refractivity contribution in [2.24, 2.45) is 0 Å². The molecule has 0 N–H and O–H groups in total. The van der Waals surface area contributed by atoms with E-state index in [-0.39, 0.29) is 23.3 Å². The Morgan fingerprint density at radius 2 is 1.64 bits per heavy atom. The molecule has 0 aliphatic rings. The van der Waals surface area contributed by atoms with Crippen molar-refractivity contribution >= 4 is 44.6 Å². The second-order valence-electron chi connectivity index (χ2n) is 7.98. The van der Waals surface area contributed by atoms with Gasteiger partial charge in [0.25, 0.3) is 0 Å². The van der Waals surface area contributed by atoms with Crippen molar-refractivity contribution in [2.75, 3.05) is 18.7 Å². The Balaban J connectivity index is 1.78. The van der Waals surface area contributed by atoms with Gasteiger partial charge in [-0.25, -0.2) is 13.4 Å². The molecule has 33 heavy (non-hydrogen) atoms. The predicted octanol–water partition coefficient (Wildman–Crippen LogP) is 6.22. The lowest BCUT2D eigenvalue weighted by atomic mass is 9.78. The van der Waals surface area contributed by atoms with Gasteiger partial charge in [0.05, 0.1) is 15.9 Å². The number of halogens is 3. The Morgan fingerprint density at radius 1 is 1.03 bits per heavy atom. The summed E-state index contributed by atoms with van der Waals surface area (Å²) in [4.78, 5) is 3.94. The molecule has 10 heteroatoms. The molecule has 1 heterocycles. The van der Waals surface area contributed by atoms with Gasteiger partial charge in [0.1, 0.15) is 19.0 Å². The Kier molecular flexibility index (Phi) is 7.89. The van der Waals surface area contributed by atoms with Crippen LogP contribution in [0.2, 0.25) is 10.0 Å². The van der Waals surface area contributed by atoms with Crippen LogP contribution in [-0.4, -0.2) is 32.1 Å². The summed E-state index contributed by atoms with van der Waals surface area (Å²) in [6.07, 6.45) is 1.08. The molecule has 6 nitrogen and oxygen atoms in total. The number of oxazole rings is 1. The third-order valence-electron chi connectivity index (χ3n) is 5.11. The molecule has 0 saturated carbocycles. The molecule has 0 aliphatic heterocycles. The lowest BCUT2D eigenvalue weighted by Gasteiger charge is -2.27. The first-order valence-corrected chi connectivity index (χ1v) is 13.2. The van der Waals surface area contributed by atoms with Crippen molar-refractivity contribution in [2.45, 2.75) is 37.8 Å². The minimum atomic E-state index is -3.51. The Morgan fingerprint density at radius 3 is 2.18 bits per heavy atom. The SMILES string of the molecule is Cc1nc(S(C)(=O)=O)c(COc2ccc(C(C)(C)c3cc(Cl)c(OCCCl)c(Cl)c3)cc2)o1. The van der Waals surface area contributed by atoms with Gasteiger partial charge in [-0.05, 0) is 35.4 Å². The number of sulfone groups is 1. The number of ether oxygens (including phenoxy) is 2.